The highest BCUT2D eigenvalue weighted by Gasteiger charge is 2.32. The fraction of sp³-hybridized carbons (Fsp3) is 0.292. The van der Waals surface area contributed by atoms with Gasteiger partial charge in [0.05, 0.1) is 19.1 Å². The lowest BCUT2D eigenvalue weighted by atomic mass is 9.91. The Kier molecular flexibility index (Phi) is 7.72. The summed E-state index contributed by atoms with van der Waals surface area (Å²) in [5.74, 6) is 0.668. The van der Waals surface area contributed by atoms with Crippen molar-refractivity contribution in [2.24, 2.45) is 5.73 Å². The van der Waals surface area contributed by atoms with Crippen LogP contribution in [0, 0.1) is 0 Å². The average Bonchev–Trinajstić information content (AvgIpc) is 2.79. The number of nitrogens with zero attached hydrogens (tertiary/aromatic N) is 1. The van der Waals surface area contributed by atoms with Gasteiger partial charge in [-0.05, 0) is 52.1 Å². The summed E-state index contributed by atoms with van der Waals surface area (Å²) in [5, 5.41) is 1.45. The van der Waals surface area contributed by atoms with Crippen LogP contribution in [0.4, 0.5) is 0 Å². The molecule has 1 amide bonds. The molecule has 34 heavy (non-hydrogen) atoms. The van der Waals surface area contributed by atoms with Crippen molar-refractivity contribution in [3.05, 3.63) is 65.2 Å². The van der Waals surface area contributed by atoms with E-state index in [1.54, 1.807) is 32.4 Å². The van der Waals surface area contributed by atoms with E-state index < -0.39 is 22.1 Å². The molecule has 3 aromatic rings. The van der Waals surface area contributed by atoms with Gasteiger partial charge in [-0.1, -0.05) is 30.3 Å². The molecule has 1 aliphatic heterocycles. The van der Waals surface area contributed by atoms with Crippen LogP contribution in [0.2, 0.25) is 0 Å². The Morgan fingerprint density at radius 3 is 2.35 bits per heavy atom. The first-order valence-electron chi connectivity index (χ1n) is 10.5. The van der Waals surface area contributed by atoms with Crippen molar-refractivity contribution < 1.29 is 27.2 Å². The summed E-state index contributed by atoms with van der Waals surface area (Å²) in [6.45, 7) is 1.01. The molecular weight excluding hydrogens is 480 g/mol. The number of methoxy groups -OCH3 is 2. The second-order valence-corrected chi connectivity index (χ2v) is 9.45. The fourth-order valence-corrected chi connectivity index (χ4v) is 5.38. The van der Waals surface area contributed by atoms with Gasteiger partial charge in [-0.3, -0.25) is 14.2 Å². The van der Waals surface area contributed by atoms with E-state index in [-0.39, 0.29) is 23.7 Å². The van der Waals surface area contributed by atoms with Gasteiger partial charge >= 0.3 is 0 Å². The maximum atomic E-state index is 12.3. The van der Waals surface area contributed by atoms with Gasteiger partial charge in [0, 0.05) is 25.6 Å². The number of nitrogens with two attached hydrogens (primary N) is 1. The number of carbonyl (C=O) groups is 1. The maximum Gasteiger partial charge on any atom is 0.294 e. The van der Waals surface area contributed by atoms with Gasteiger partial charge in [-0.2, -0.15) is 8.42 Å². The Labute approximate surface area is 204 Å². The van der Waals surface area contributed by atoms with Gasteiger partial charge in [-0.15, -0.1) is 12.4 Å². The third-order valence-electron chi connectivity index (χ3n) is 6.12. The maximum absolute atomic E-state index is 12.3. The quantitative estimate of drug-likeness (QED) is 0.470. The van der Waals surface area contributed by atoms with Gasteiger partial charge in [0.2, 0.25) is 5.91 Å². The molecule has 0 fully saturated rings. The van der Waals surface area contributed by atoms with Crippen LogP contribution < -0.4 is 15.2 Å². The molecule has 8 nitrogen and oxygen atoms in total. The first-order chi connectivity index (χ1) is 15.7. The summed E-state index contributed by atoms with van der Waals surface area (Å²) in [6.07, 6.45) is 0.566. The molecular formula is C24H27ClN2O6S. The summed E-state index contributed by atoms with van der Waals surface area (Å²) in [4.78, 5) is 13.9. The third-order valence-corrected chi connectivity index (χ3v) is 7.04. The van der Waals surface area contributed by atoms with E-state index in [0.717, 1.165) is 16.5 Å². The fourth-order valence-electron chi connectivity index (χ4n) is 4.62. The Morgan fingerprint density at radius 2 is 1.74 bits per heavy atom. The van der Waals surface area contributed by atoms with Crippen molar-refractivity contribution >= 4 is 39.2 Å². The Balaban J connectivity index is 0.00000324. The van der Waals surface area contributed by atoms with Gasteiger partial charge in [0.25, 0.3) is 10.1 Å². The number of amides is 1. The van der Waals surface area contributed by atoms with Crippen LogP contribution in [-0.2, 0) is 27.9 Å². The van der Waals surface area contributed by atoms with Gasteiger partial charge < -0.3 is 15.2 Å². The van der Waals surface area contributed by atoms with Crippen molar-refractivity contribution in [2.45, 2.75) is 30.3 Å². The Bertz CT molecular complexity index is 1330. The summed E-state index contributed by atoms with van der Waals surface area (Å²) in [7, 11) is -1.39. The average molecular weight is 507 g/mol. The molecule has 10 heteroatoms. The number of benzene rings is 3. The predicted molar refractivity (Wildman–Crippen MR) is 131 cm³/mol. The zero-order valence-electron chi connectivity index (χ0n) is 18.9. The molecule has 0 spiro atoms. The van der Waals surface area contributed by atoms with Crippen LogP contribution in [0.5, 0.6) is 11.5 Å². The van der Waals surface area contributed by atoms with E-state index in [1.165, 1.54) is 6.07 Å². The highest BCUT2D eigenvalue weighted by molar-refractivity contribution is 7.85. The molecule has 3 aromatic carbocycles. The minimum Gasteiger partial charge on any atom is -0.493 e. The van der Waals surface area contributed by atoms with Crippen LogP contribution in [0.1, 0.15) is 29.2 Å². The molecule has 1 aliphatic rings. The second-order valence-electron chi connectivity index (χ2n) is 8.06. The third kappa shape index (κ3) is 4.97. The molecule has 182 valence electrons. The van der Waals surface area contributed by atoms with Crippen molar-refractivity contribution in [3.63, 3.8) is 0 Å². The topological polar surface area (TPSA) is 119 Å². The lowest BCUT2D eigenvalue weighted by molar-refractivity contribution is -0.119. The molecule has 1 unspecified atom stereocenters. The number of hydrogen-bond donors (Lipinski definition) is 2. The lowest BCUT2D eigenvalue weighted by Crippen LogP contribution is -2.37. The number of ether oxygens (including phenoxy) is 2. The highest BCUT2D eigenvalue weighted by Crippen LogP contribution is 2.40. The van der Waals surface area contributed by atoms with Crippen molar-refractivity contribution in [1.82, 2.24) is 4.90 Å². The highest BCUT2D eigenvalue weighted by atomic mass is 35.5. The summed E-state index contributed by atoms with van der Waals surface area (Å²) in [6, 6.07) is 13.5. The molecule has 1 heterocycles. The van der Waals surface area contributed by atoms with Gasteiger partial charge in [-0.25, -0.2) is 0 Å². The van der Waals surface area contributed by atoms with Crippen LogP contribution in [0.25, 0.3) is 10.8 Å². The number of hydrogen-bond acceptors (Lipinski definition) is 6. The van der Waals surface area contributed by atoms with E-state index in [1.807, 2.05) is 29.2 Å². The first kappa shape index (κ1) is 25.8. The second kappa shape index (κ2) is 10.2. The van der Waals surface area contributed by atoms with Crippen molar-refractivity contribution in [3.8, 4) is 11.5 Å². The molecule has 0 aliphatic carbocycles. The van der Waals surface area contributed by atoms with Gasteiger partial charge in [0.1, 0.15) is 0 Å². The van der Waals surface area contributed by atoms with E-state index in [2.05, 4.69) is 0 Å². The van der Waals surface area contributed by atoms with Crippen LogP contribution in [0.15, 0.2) is 53.4 Å². The van der Waals surface area contributed by atoms with Crippen LogP contribution in [0.3, 0.4) is 0 Å². The molecule has 0 saturated carbocycles. The summed E-state index contributed by atoms with van der Waals surface area (Å²) >= 11 is 0. The van der Waals surface area contributed by atoms with E-state index in [9.17, 15) is 17.8 Å². The monoisotopic (exact) mass is 506 g/mol. The predicted octanol–water partition coefficient (Wildman–Crippen LogP) is 3.50. The smallest absolute Gasteiger partial charge is 0.294 e. The molecule has 0 bridgehead atoms. The zero-order valence-corrected chi connectivity index (χ0v) is 20.5. The molecule has 4 rings (SSSR count). The van der Waals surface area contributed by atoms with E-state index in [4.69, 9.17) is 15.2 Å². The number of halogens is 1. The van der Waals surface area contributed by atoms with Crippen molar-refractivity contribution in [2.75, 3.05) is 20.8 Å². The molecule has 1 atom stereocenters. The Morgan fingerprint density at radius 1 is 1.09 bits per heavy atom. The Hall–Kier alpha value is -2.85. The molecule has 3 N–H and O–H groups in total. The van der Waals surface area contributed by atoms with Gasteiger partial charge in [0.15, 0.2) is 11.5 Å². The van der Waals surface area contributed by atoms with E-state index in [0.29, 0.717) is 42.0 Å². The first-order valence-corrected chi connectivity index (χ1v) is 11.9. The van der Waals surface area contributed by atoms with Crippen LogP contribution >= 0.6 is 12.4 Å². The standard InChI is InChI=1S/C24H26N2O6S.ClH/c1-31-20-11-16-9-10-26(14-17(16)12-21(20)32-2)19(13-23(25)27)24-18-6-4-3-5-15(18)7-8-22(24)33(28,29)30;/h3-8,11-12,19H,9-10,13-14H2,1-2H3,(H2,25,27)(H,28,29,30);1H. The number of carbonyl (C=O) groups excluding carboxylic acids is 1. The minimum atomic E-state index is -4.54. The summed E-state index contributed by atoms with van der Waals surface area (Å²) in [5.41, 5.74) is 8.06. The number of fused-ring (bicyclic) bond motifs is 2. The lowest BCUT2D eigenvalue weighted by Gasteiger charge is -2.36. The van der Waals surface area contributed by atoms with E-state index >= 15 is 0 Å². The number of rotatable bonds is 7. The van der Waals surface area contributed by atoms with Crippen LogP contribution in [-0.4, -0.2) is 44.5 Å². The molecule has 0 aromatic heterocycles. The molecule has 0 saturated heterocycles. The minimum absolute atomic E-state index is 0. The largest absolute Gasteiger partial charge is 0.493 e. The summed E-state index contributed by atoms with van der Waals surface area (Å²) < 4.78 is 45.5. The normalized spacial score (nSPS) is 14.7. The zero-order chi connectivity index (χ0) is 23.8. The number of primary amides is 1. The SMILES string of the molecule is COc1cc2c(cc1OC)CN(C(CC(N)=O)c1c(S(=O)(=O)O)ccc3ccccc13)CC2.Cl. The molecule has 0 radical (unpaired) electrons. The van der Waals surface area contributed by atoms with Crippen molar-refractivity contribution in [1.29, 1.82) is 0 Å².